The molecule has 0 aliphatic carbocycles. The highest BCUT2D eigenvalue weighted by molar-refractivity contribution is 7.20. The van der Waals surface area contributed by atoms with Crippen molar-refractivity contribution in [1.82, 2.24) is 14.1 Å². The van der Waals surface area contributed by atoms with Gasteiger partial charge in [-0.2, -0.15) is 0 Å². The van der Waals surface area contributed by atoms with Gasteiger partial charge in [0.05, 0.1) is 33.4 Å². The van der Waals surface area contributed by atoms with Crippen LogP contribution in [0.15, 0.2) is 375 Å². The third kappa shape index (κ3) is 10.4. The summed E-state index contributed by atoms with van der Waals surface area (Å²) in [4.78, 5) is 5.07. The van der Waals surface area contributed by atoms with Crippen LogP contribution in [-0.4, -0.2) is 30.3 Å². The summed E-state index contributed by atoms with van der Waals surface area (Å²) in [6, 6.07) is 133. The number of furan rings is 1. The van der Waals surface area contributed by atoms with Crippen LogP contribution in [0, 0.1) is 6.33 Å². The van der Waals surface area contributed by atoms with E-state index in [1.54, 1.807) is 0 Å². The number of ether oxygens (including phenoxy) is 1. The lowest BCUT2D eigenvalue weighted by Crippen LogP contribution is -2.74. The van der Waals surface area contributed by atoms with Gasteiger partial charge in [0, 0.05) is 33.8 Å². The Balaban J connectivity index is 0.831. The molecule has 0 radical (unpaired) electrons. The Morgan fingerprint density at radius 3 is 1.42 bits per heavy atom. The van der Waals surface area contributed by atoms with E-state index in [1.165, 1.54) is 47.1 Å². The van der Waals surface area contributed by atoms with Gasteiger partial charge in [-0.3, -0.25) is 13.7 Å². The summed E-state index contributed by atoms with van der Waals surface area (Å²) in [7, 11) is -5.96. The predicted molar refractivity (Wildman–Crippen MR) is 426 cm³/mol. The van der Waals surface area contributed by atoms with Crippen LogP contribution in [0.5, 0.6) is 11.5 Å². The van der Waals surface area contributed by atoms with Crippen molar-refractivity contribution in [2.45, 2.75) is 26.2 Å². The van der Waals surface area contributed by atoms with E-state index < -0.39 is 16.1 Å². The van der Waals surface area contributed by atoms with Gasteiger partial charge in [0.15, 0.2) is 16.1 Å². The lowest BCUT2D eigenvalue weighted by molar-refractivity contribution is -0.571. The smallest absolute Gasteiger partial charge is 0.269 e. The van der Waals surface area contributed by atoms with Gasteiger partial charge in [-0.1, -0.05) is 318 Å². The van der Waals surface area contributed by atoms with Crippen molar-refractivity contribution in [3.05, 3.63) is 382 Å². The zero-order valence-corrected chi connectivity index (χ0v) is 58.8. The summed E-state index contributed by atoms with van der Waals surface area (Å²) in [6.45, 7) is 6.74. The molecule has 0 amide bonds. The standard InChI is InChI=1S/C94H70N4O2Si2/c1-94(2,3)68-58-59-95-90(62-68)98-86-56-57-89-92(83-48-22-25-53-88(83)100-89)91(86)82-55-54-71(64-87(82)98)99-70-33-28-32-69(63-70)96-65-97(85-52-24-23-51-84(85)96)93-80(66-30-26-46-78(60-66)101(72-34-10-4-11-35-72,73-36-12-5-13-37-73)74-38-14-6-15-39-74)49-29-50-81(93)67-31-27-47-79(61-67)102(75-40-16-7-17-41-75,76-42-18-8-19-43-76)77-44-20-9-21-45-77/h4-64H,1-3H3. The second-order valence-electron chi connectivity index (χ2n) is 27.5. The number of aromatic nitrogens is 4. The Bertz CT molecular complexity index is 5760. The second kappa shape index (κ2) is 25.4. The van der Waals surface area contributed by atoms with Crippen molar-refractivity contribution in [3.8, 4) is 50.9 Å². The fourth-order valence-corrected chi connectivity index (χ4v) is 25.7. The number of hydrogen-bond acceptors (Lipinski definition) is 3. The molecule has 486 valence electrons. The summed E-state index contributed by atoms with van der Waals surface area (Å²) in [6.07, 6.45) is 5.99. The van der Waals surface area contributed by atoms with Gasteiger partial charge in [-0.25, -0.2) is 4.98 Å². The van der Waals surface area contributed by atoms with E-state index in [-0.39, 0.29) is 5.41 Å². The van der Waals surface area contributed by atoms with E-state index in [1.807, 2.05) is 24.4 Å². The van der Waals surface area contributed by atoms with E-state index in [0.29, 0.717) is 11.5 Å². The molecule has 18 rings (SSSR count). The minimum Gasteiger partial charge on any atom is -0.458 e. The molecule has 0 aliphatic rings. The van der Waals surface area contributed by atoms with Crippen LogP contribution < -0.4 is 50.8 Å². The highest BCUT2D eigenvalue weighted by Crippen LogP contribution is 2.43. The molecule has 4 heterocycles. The molecule has 4 aromatic heterocycles. The van der Waals surface area contributed by atoms with Crippen molar-refractivity contribution in [2.75, 3.05) is 0 Å². The predicted octanol–water partition coefficient (Wildman–Crippen LogP) is 17.3. The molecule has 0 aliphatic heterocycles. The summed E-state index contributed by atoms with van der Waals surface area (Å²) < 4.78 is 20.4. The lowest BCUT2D eigenvalue weighted by Gasteiger charge is -2.35. The summed E-state index contributed by atoms with van der Waals surface area (Å²) in [5, 5.41) is 14.8. The number of fused-ring (bicyclic) bond motifs is 8. The molecule has 8 heteroatoms. The van der Waals surface area contributed by atoms with Gasteiger partial charge in [0.2, 0.25) is 0 Å². The summed E-state index contributed by atoms with van der Waals surface area (Å²) in [5.41, 5.74) is 13.1. The lowest BCUT2D eigenvalue weighted by atomic mass is 9.88. The Labute approximate surface area is 595 Å². The van der Waals surface area contributed by atoms with E-state index >= 15 is 0 Å². The molecule has 0 saturated carbocycles. The minimum absolute atomic E-state index is 0.0954. The van der Waals surface area contributed by atoms with Gasteiger partial charge in [-0.15, -0.1) is 0 Å². The van der Waals surface area contributed by atoms with Crippen molar-refractivity contribution in [1.29, 1.82) is 0 Å². The molecule has 102 heavy (non-hydrogen) atoms. The van der Waals surface area contributed by atoms with Crippen molar-refractivity contribution < 1.29 is 13.7 Å². The maximum absolute atomic E-state index is 7.10. The maximum Gasteiger partial charge on any atom is 0.269 e. The van der Waals surface area contributed by atoms with Crippen LogP contribution in [0.3, 0.4) is 0 Å². The van der Waals surface area contributed by atoms with Crippen LogP contribution in [0.4, 0.5) is 0 Å². The molecule has 0 bridgehead atoms. The molecular formula is C94H70N4O2Si2. The van der Waals surface area contributed by atoms with Crippen LogP contribution in [0.2, 0.25) is 0 Å². The molecule has 14 aromatic carbocycles. The Morgan fingerprint density at radius 2 is 0.863 bits per heavy atom. The highest BCUT2D eigenvalue weighted by Gasteiger charge is 2.43. The second-order valence-corrected chi connectivity index (χ2v) is 35.1. The first-order chi connectivity index (χ1) is 50.2. The van der Waals surface area contributed by atoms with E-state index in [9.17, 15) is 0 Å². The van der Waals surface area contributed by atoms with Crippen LogP contribution in [-0.2, 0) is 5.41 Å². The van der Waals surface area contributed by atoms with E-state index in [0.717, 1.165) is 94.2 Å². The molecule has 0 atom stereocenters. The molecule has 18 aromatic rings. The van der Waals surface area contributed by atoms with E-state index in [4.69, 9.17) is 14.1 Å². The Hall–Kier alpha value is -12.5. The van der Waals surface area contributed by atoms with Gasteiger partial charge in [-0.05, 0) is 135 Å². The average Bonchev–Trinajstić information content (AvgIpc) is 1.52. The average molecular weight is 1340 g/mol. The zero-order valence-electron chi connectivity index (χ0n) is 56.8. The fourth-order valence-electron chi connectivity index (χ4n) is 16.1. The third-order valence-electron chi connectivity index (χ3n) is 20.7. The molecular weight excluding hydrogens is 1270 g/mol. The quantitative estimate of drug-likeness (QED) is 0.0445. The fraction of sp³-hybridized carbons (Fsp3) is 0.0426. The number of rotatable bonds is 15. The Kier molecular flexibility index (Phi) is 15.4. The molecule has 0 spiro atoms. The molecule has 6 nitrogen and oxygen atoms in total. The van der Waals surface area contributed by atoms with Gasteiger partial charge >= 0.3 is 0 Å². The zero-order chi connectivity index (χ0) is 68.4. The highest BCUT2D eigenvalue weighted by atomic mass is 28.3. The normalized spacial score (nSPS) is 12.1. The van der Waals surface area contributed by atoms with Gasteiger partial charge < -0.3 is 9.15 Å². The number of pyridine rings is 1. The summed E-state index contributed by atoms with van der Waals surface area (Å²) in [5.74, 6) is 2.22. The summed E-state index contributed by atoms with van der Waals surface area (Å²) >= 11 is 0. The van der Waals surface area contributed by atoms with Crippen LogP contribution in [0.1, 0.15) is 26.3 Å². The van der Waals surface area contributed by atoms with Gasteiger partial charge in [0.25, 0.3) is 6.33 Å². The van der Waals surface area contributed by atoms with Crippen molar-refractivity contribution in [2.24, 2.45) is 0 Å². The molecule has 0 fully saturated rings. The van der Waals surface area contributed by atoms with Crippen LogP contribution >= 0.6 is 0 Å². The number of para-hydroxylation sites is 4. The monoisotopic (exact) mass is 1340 g/mol. The number of nitrogens with zero attached hydrogens (tertiary/aromatic N) is 4. The largest absolute Gasteiger partial charge is 0.458 e. The first-order valence-electron chi connectivity index (χ1n) is 35.0. The number of hydrogen-bond donors (Lipinski definition) is 0. The number of imidazole rings is 1. The van der Waals surface area contributed by atoms with Crippen molar-refractivity contribution in [3.63, 3.8) is 0 Å². The molecule has 0 unspecified atom stereocenters. The topological polar surface area (TPSA) is 49.0 Å². The SMILES string of the molecule is CC(C)(C)c1ccnc(-n2c3cc(Oc4cccc(-n5[c-][n+](-c6c(-c7cccc([Si](c8ccccc8)(c8ccccc8)c8ccccc8)c7)cccc6-c6cccc([Si](c7ccccc7)(c7ccccc7)c7ccccc7)c6)c6ccccc65)c4)ccc3c3c4c(ccc32)oc2ccccc24)c1. The van der Waals surface area contributed by atoms with E-state index in [2.05, 4.69) is 387 Å². The first kappa shape index (κ1) is 61.8. The molecule has 0 saturated heterocycles. The van der Waals surface area contributed by atoms with Crippen LogP contribution in [0.25, 0.3) is 94.2 Å². The number of benzene rings is 14. The minimum atomic E-state index is -2.98. The van der Waals surface area contributed by atoms with Gasteiger partial charge in [0.1, 0.15) is 28.5 Å². The maximum atomic E-state index is 7.10. The first-order valence-corrected chi connectivity index (χ1v) is 39.0. The third-order valence-corrected chi connectivity index (χ3v) is 30.2. The Morgan fingerprint density at radius 1 is 0.373 bits per heavy atom. The van der Waals surface area contributed by atoms with Crippen molar-refractivity contribution >= 4 is 112 Å². The molecule has 0 N–H and O–H groups in total.